The number of hydrogen-bond acceptors (Lipinski definition) is 8. The first-order valence-corrected chi connectivity index (χ1v) is 14.3. The van der Waals surface area contributed by atoms with E-state index in [-0.39, 0.29) is 43.9 Å². The van der Waals surface area contributed by atoms with Gasteiger partial charge in [0, 0.05) is 30.1 Å². The van der Waals surface area contributed by atoms with Crippen molar-refractivity contribution in [2.75, 3.05) is 6.54 Å². The number of carboxylic acids is 2. The SMILES string of the molecule is NC(N)=NCCCC(NC(=O)C(CC(=O)O)NC(=O)C(Cc1c[nH]c2ccccc12)NC(=O)C(N)Cc1ccc(O)cc1)C(=O)O. The van der Waals surface area contributed by atoms with E-state index < -0.39 is 60.2 Å². The van der Waals surface area contributed by atoms with Gasteiger partial charge in [-0.05, 0) is 48.6 Å². The van der Waals surface area contributed by atoms with Gasteiger partial charge in [0.05, 0.1) is 12.5 Å². The van der Waals surface area contributed by atoms with Gasteiger partial charge < -0.3 is 53.5 Å². The minimum atomic E-state index is -1.68. The normalized spacial score (nSPS) is 13.5. The first-order valence-electron chi connectivity index (χ1n) is 14.3. The largest absolute Gasteiger partial charge is 0.508 e. The van der Waals surface area contributed by atoms with Crippen LogP contribution in [0.4, 0.5) is 0 Å². The third-order valence-corrected chi connectivity index (χ3v) is 7.03. The van der Waals surface area contributed by atoms with Crippen LogP contribution in [0.15, 0.2) is 59.7 Å². The van der Waals surface area contributed by atoms with E-state index in [1.54, 1.807) is 24.4 Å². The van der Waals surface area contributed by atoms with E-state index in [2.05, 4.69) is 25.9 Å². The van der Waals surface area contributed by atoms with Crippen molar-refractivity contribution < 1.29 is 39.3 Å². The number of carbonyl (C=O) groups is 5. The molecule has 0 aliphatic rings. The number of H-pyrrole nitrogens is 1. The van der Waals surface area contributed by atoms with Crippen molar-refractivity contribution in [2.45, 2.75) is 56.3 Å². The number of aromatic amines is 1. The highest BCUT2D eigenvalue weighted by Gasteiger charge is 2.32. The van der Waals surface area contributed by atoms with Crippen LogP contribution in [0.5, 0.6) is 5.75 Å². The number of phenolic OH excluding ortho intramolecular Hbond substituents is 1. The van der Waals surface area contributed by atoms with E-state index in [1.165, 1.54) is 12.1 Å². The molecule has 3 aromatic rings. The Labute approximate surface area is 263 Å². The molecule has 0 aliphatic carbocycles. The molecule has 0 aliphatic heterocycles. The van der Waals surface area contributed by atoms with E-state index in [0.717, 1.165) is 10.9 Å². The lowest BCUT2D eigenvalue weighted by Crippen LogP contribution is -2.58. The second-order valence-electron chi connectivity index (χ2n) is 10.6. The van der Waals surface area contributed by atoms with Gasteiger partial charge in [-0.2, -0.15) is 0 Å². The number of fused-ring (bicyclic) bond motifs is 1. The van der Waals surface area contributed by atoms with Crippen molar-refractivity contribution in [1.29, 1.82) is 0 Å². The number of aromatic hydroxyl groups is 1. The second kappa shape index (κ2) is 16.4. The van der Waals surface area contributed by atoms with Crippen LogP contribution >= 0.6 is 0 Å². The Balaban J connectivity index is 1.80. The van der Waals surface area contributed by atoms with Gasteiger partial charge in [0.15, 0.2) is 5.96 Å². The number of carbonyl (C=O) groups excluding carboxylic acids is 3. The first kappa shape index (κ1) is 34.8. The van der Waals surface area contributed by atoms with E-state index in [9.17, 15) is 39.3 Å². The van der Waals surface area contributed by atoms with E-state index in [0.29, 0.717) is 11.1 Å². The number of rotatable bonds is 17. The van der Waals surface area contributed by atoms with Gasteiger partial charge in [-0.1, -0.05) is 30.3 Å². The van der Waals surface area contributed by atoms with Gasteiger partial charge in [0.25, 0.3) is 0 Å². The highest BCUT2D eigenvalue weighted by Crippen LogP contribution is 2.19. The summed E-state index contributed by atoms with van der Waals surface area (Å²) in [5, 5.41) is 36.6. The smallest absolute Gasteiger partial charge is 0.326 e. The van der Waals surface area contributed by atoms with E-state index >= 15 is 0 Å². The zero-order valence-electron chi connectivity index (χ0n) is 24.8. The molecule has 0 saturated heterocycles. The monoisotopic (exact) mass is 638 g/mol. The number of amides is 3. The number of para-hydroxylation sites is 1. The average molecular weight is 639 g/mol. The van der Waals surface area contributed by atoms with Crippen LogP contribution in [0.3, 0.4) is 0 Å². The van der Waals surface area contributed by atoms with Gasteiger partial charge in [0.1, 0.15) is 23.9 Å². The quantitative estimate of drug-likeness (QED) is 0.0488. The fourth-order valence-electron chi connectivity index (χ4n) is 4.68. The Kier molecular flexibility index (Phi) is 12.5. The Morgan fingerprint density at radius 2 is 1.46 bits per heavy atom. The van der Waals surface area contributed by atoms with Crippen LogP contribution in [0.2, 0.25) is 0 Å². The molecule has 16 heteroatoms. The number of hydrogen-bond donors (Lipinski definition) is 10. The molecule has 3 amide bonds. The fraction of sp³-hybridized carbons (Fsp3) is 0.333. The molecule has 246 valence electrons. The lowest BCUT2D eigenvalue weighted by Gasteiger charge is -2.24. The molecule has 16 nitrogen and oxygen atoms in total. The molecule has 46 heavy (non-hydrogen) atoms. The van der Waals surface area contributed by atoms with Crippen LogP contribution in [0.1, 0.15) is 30.4 Å². The topological polar surface area (TPSA) is 288 Å². The minimum Gasteiger partial charge on any atom is -0.508 e. The zero-order chi connectivity index (χ0) is 33.8. The maximum Gasteiger partial charge on any atom is 0.326 e. The summed E-state index contributed by atoms with van der Waals surface area (Å²) in [4.78, 5) is 70.1. The molecule has 1 aromatic heterocycles. The minimum absolute atomic E-state index is 0.0396. The number of guanidine groups is 1. The number of aliphatic imine (C=N–C) groups is 1. The molecule has 3 rings (SSSR count). The predicted molar refractivity (Wildman–Crippen MR) is 167 cm³/mol. The number of nitrogens with zero attached hydrogens (tertiary/aromatic N) is 1. The van der Waals surface area contributed by atoms with Crippen LogP contribution in [-0.4, -0.2) is 86.6 Å². The maximum absolute atomic E-state index is 13.6. The van der Waals surface area contributed by atoms with Crippen LogP contribution in [0, 0.1) is 0 Å². The standard InChI is InChI=1S/C30H38N8O8/c31-20(12-16-7-9-18(39)10-8-16)26(42)37-23(13-17-15-35-21-5-2-1-4-19(17)21)27(43)38-24(14-25(40)41)28(44)36-22(29(45)46)6-3-11-34-30(32)33/h1-2,4-5,7-10,15,20,22-24,35,39H,3,6,11-14,31H2,(H,36,44)(H,37,42)(H,38,43)(H,40,41)(H,45,46)(H4,32,33,34). The lowest BCUT2D eigenvalue weighted by molar-refractivity contribution is -0.143. The van der Waals surface area contributed by atoms with E-state index in [4.69, 9.17) is 17.2 Å². The average Bonchev–Trinajstić information content (AvgIpc) is 3.41. The molecule has 0 spiro atoms. The summed E-state index contributed by atoms with van der Waals surface area (Å²) < 4.78 is 0. The van der Waals surface area contributed by atoms with Crippen molar-refractivity contribution in [3.63, 3.8) is 0 Å². The van der Waals surface area contributed by atoms with Crippen molar-refractivity contribution in [3.05, 3.63) is 65.9 Å². The third-order valence-electron chi connectivity index (χ3n) is 7.03. The molecule has 1 heterocycles. The molecular formula is C30H38N8O8. The number of benzene rings is 2. The van der Waals surface area contributed by atoms with Crippen molar-refractivity contribution in [3.8, 4) is 5.75 Å². The van der Waals surface area contributed by atoms with Gasteiger partial charge in [0.2, 0.25) is 17.7 Å². The Morgan fingerprint density at radius 1 is 0.826 bits per heavy atom. The predicted octanol–water partition coefficient (Wildman–Crippen LogP) is -0.947. The first-order chi connectivity index (χ1) is 21.8. The maximum atomic E-state index is 13.6. The fourth-order valence-corrected chi connectivity index (χ4v) is 4.68. The molecule has 0 saturated carbocycles. The zero-order valence-corrected chi connectivity index (χ0v) is 24.8. The van der Waals surface area contributed by atoms with Crippen LogP contribution in [-0.2, 0) is 36.8 Å². The highest BCUT2D eigenvalue weighted by molar-refractivity contribution is 5.96. The van der Waals surface area contributed by atoms with Gasteiger partial charge in [-0.15, -0.1) is 0 Å². The Hall–Kier alpha value is -5.64. The number of aliphatic carboxylic acids is 2. The molecular weight excluding hydrogens is 600 g/mol. The summed E-state index contributed by atoms with van der Waals surface area (Å²) in [6.45, 7) is 0.0986. The molecule has 13 N–H and O–H groups in total. The number of phenols is 1. The van der Waals surface area contributed by atoms with E-state index in [1.807, 2.05) is 18.2 Å². The summed E-state index contributed by atoms with van der Waals surface area (Å²) in [5.41, 5.74) is 18.7. The number of nitrogens with one attached hydrogen (secondary N) is 4. The van der Waals surface area contributed by atoms with Gasteiger partial charge in [-0.3, -0.25) is 24.2 Å². The third kappa shape index (κ3) is 10.5. The number of nitrogens with two attached hydrogens (primary N) is 3. The van der Waals surface area contributed by atoms with Crippen molar-refractivity contribution in [2.24, 2.45) is 22.2 Å². The molecule has 0 fully saturated rings. The highest BCUT2D eigenvalue weighted by atomic mass is 16.4. The molecule has 4 unspecified atom stereocenters. The molecule has 2 aromatic carbocycles. The van der Waals surface area contributed by atoms with Gasteiger partial charge in [-0.25, -0.2) is 4.79 Å². The summed E-state index contributed by atoms with van der Waals surface area (Å²) >= 11 is 0. The molecule has 0 bridgehead atoms. The lowest BCUT2D eigenvalue weighted by atomic mass is 10.0. The van der Waals surface area contributed by atoms with Crippen LogP contribution < -0.4 is 33.2 Å². The summed E-state index contributed by atoms with van der Waals surface area (Å²) in [6, 6.07) is 7.82. The Morgan fingerprint density at radius 3 is 2.11 bits per heavy atom. The number of carboxylic acid groups (broad SMARTS) is 2. The summed E-state index contributed by atoms with van der Waals surface area (Å²) in [6.07, 6.45) is 0.924. The second-order valence-corrected chi connectivity index (χ2v) is 10.6. The van der Waals surface area contributed by atoms with Crippen molar-refractivity contribution >= 4 is 46.5 Å². The summed E-state index contributed by atoms with van der Waals surface area (Å²) in [7, 11) is 0. The number of aromatic nitrogens is 1. The molecule has 4 atom stereocenters. The Bertz CT molecular complexity index is 1570. The van der Waals surface area contributed by atoms with Gasteiger partial charge >= 0.3 is 11.9 Å². The van der Waals surface area contributed by atoms with Crippen molar-refractivity contribution in [1.82, 2.24) is 20.9 Å². The molecule has 0 radical (unpaired) electrons. The van der Waals surface area contributed by atoms with Crippen LogP contribution in [0.25, 0.3) is 10.9 Å². The summed E-state index contributed by atoms with van der Waals surface area (Å²) in [5.74, 6) is -5.60.